The van der Waals surface area contributed by atoms with Crippen LogP contribution in [0.3, 0.4) is 0 Å². The largest absolute Gasteiger partial charge is 0.456 e. The first-order valence-corrected chi connectivity index (χ1v) is 11.6. The van der Waals surface area contributed by atoms with Crippen molar-refractivity contribution in [3.8, 4) is 0 Å². The molecule has 5 aliphatic rings. The van der Waals surface area contributed by atoms with Gasteiger partial charge in [0.2, 0.25) is 6.29 Å². The Morgan fingerprint density at radius 1 is 1.03 bits per heavy atom. The molecule has 6 nitrogen and oxygen atoms in total. The summed E-state index contributed by atoms with van der Waals surface area (Å²) in [6.45, 7) is 7.10. The quantitative estimate of drug-likeness (QED) is 0.328. The summed E-state index contributed by atoms with van der Waals surface area (Å²) in [5, 5.41) is 0. The molecule has 0 radical (unpaired) electrons. The molecule has 5 fully saturated rings. The predicted molar refractivity (Wildman–Crippen MR) is 111 cm³/mol. The summed E-state index contributed by atoms with van der Waals surface area (Å²) in [6, 6.07) is 0. The molecule has 4 bridgehead atoms. The monoisotopic (exact) mass is 420 g/mol. The maximum Gasteiger partial charge on any atom is 0.334 e. The van der Waals surface area contributed by atoms with E-state index in [0.29, 0.717) is 23.8 Å². The molecule has 0 amide bonds. The minimum Gasteiger partial charge on any atom is -0.456 e. The van der Waals surface area contributed by atoms with E-state index in [-0.39, 0.29) is 24.6 Å². The van der Waals surface area contributed by atoms with Gasteiger partial charge in [0, 0.05) is 12.0 Å². The average molecular weight is 421 g/mol. The van der Waals surface area contributed by atoms with E-state index in [1.807, 2.05) is 0 Å². The highest BCUT2D eigenvalue weighted by molar-refractivity contribution is 5.87. The summed E-state index contributed by atoms with van der Waals surface area (Å²) in [5.41, 5.74) is -0.441. The molecule has 0 heterocycles. The fourth-order valence-electron chi connectivity index (χ4n) is 6.60. The van der Waals surface area contributed by atoms with Gasteiger partial charge in [-0.2, -0.15) is 0 Å². The van der Waals surface area contributed by atoms with Crippen LogP contribution >= 0.6 is 0 Å². The maximum absolute atomic E-state index is 12.4. The number of hydrogen-bond donors (Lipinski definition) is 0. The smallest absolute Gasteiger partial charge is 0.334 e. The third-order valence-electron chi connectivity index (χ3n) is 7.34. The molecule has 0 aliphatic heterocycles. The van der Waals surface area contributed by atoms with E-state index < -0.39 is 17.5 Å². The van der Waals surface area contributed by atoms with E-state index in [9.17, 15) is 9.59 Å². The van der Waals surface area contributed by atoms with Crippen LogP contribution < -0.4 is 0 Å². The minimum atomic E-state index is -0.552. The van der Waals surface area contributed by atoms with E-state index >= 15 is 0 Å². The Kier molecular flexibility index (Phi) is 6.27. The molecule has 0 aromatic heterocycles. The Morgan fingerprint density at radius 2 is 1.67 bits per heavy atom. The maximum atomic E-state index is 12.4. The SMILES string of the molecule is C=C(C)C(=O)OC12CC3CC(CC(OCC(=O)OC(C)OC4CCCCC4)(C3)C1)C2. The Hall–Kier alpha value is -1.40. The van der Waals surface area contributed by atoms with Crippen molar-refractivity contribution in [1.82, 2.24) is 0 Å². The molecule has 0 spiro atoms. The first-order chi connectivity index (χ1) is 14.3. The molecule has 6 heteroatoms. The lowest BCUT2D eigenvalue weighted by Gasteiger charge is -2.60. The molecular formula is C24H36O6. The Morgan fingerprint density at radius 3 is 2.30 bits per heavy atom. The number of hydrogen-bond acceptors (Lipinski definition) is 6. The van der Waals surface area contributed by atoms with Crippen molar-refractivity contribution in [1.29, 1.82) is 0 Å². The molecule has 5 rings (SSSR count). The van der Waals surface area contributed by atoms with Gasteiger partial charge in [0.25, 0.3) is 0 Å². The summed E-state index contributed by atoms with van der Waals surface area (Å²) < 4.78 is 23.5. The van der Waals surface area contributed by atoms with Crippen molar-refractivity contribution < 1.29 is 28.5 Å². The summed E-state index contributed by atoms with van der Waals surface area (Å²) >= 11 is 0. The third-order valence-corrected chi connectivity index (χ3v) is 7.34. The van der Waals surface area contributed by atoms with Crippen LogP contribution in [0.4, 0.5) is 0 Å². The van der Waals surface area contributed by atoms with E-state index in [0.717, 1.165) is 44.9 Å². The number of carbonyl (C=O) groups excluding carboxylic acids is 2. The third kappa shape index (κ3) is 4.91. The first-order valence-electron chi connectivity index (χ1n) is 11.6. The lowest BCUT2D eigenvalue weighted by atomic mass is 9.52. The second kappa shape index (κ2) is 8.62. The van der Waals surface area contributed by atoms with Crippen molar-refractivity contribution in [3.05, 3.63) is 12.2 Å². The fourth-order valence-corrected chi connectivity index (χ4v) is 6.60. The Bertz CT molecular complexity index is 665. The molecule has 0 saturated heterocycles. The summed E-state index contributed by atoms with van der Waals surface area (Å²) in [6.07, 6.45) is 10.8. The van der Waals surface area contributed by atoms with Crippen LogP contribution in [-0.4, -0.2) is 42.1 Å². The Labute approximate surface area is 179 Å². The molecule has 0 aromatic rings. The van der Waals surface area contributed by atoms with Gasteiger partial charge in [0.05, 0.1) is 11.7 Å². The van der Waals surface area contributed by atoms with Crippen LogP contribution in [0.15, 0.2) is 12.2 Å². The molecule has 30 heavy (non-hydrogen) atoms. The summed E-state index contributed by atoms with van der Waals surface area (Å²) in [5.74, 6) is 0.254. The number of esters is 2. The zero-order valence-electron chi connectivity index (χ0n) is 18.5. The van der Waals surface area contributed by atoms with Gasteiger partial charge in [0.1, 0.15) is 12.2 Å². The molecular weight excluding hydrogens is 384 g/mol. The zero-order valence-corrected chi connectivity index (χ0v) is 18.5. The van der Waals surface area contributed by atoms with E-state index in [2.05, 4.69) is 6.58 Å². The summed E-state index contributed by atoms with van der Waals surface area (Å²) in [7, 11) is 0. The van der Waals surface area contributed by atoms with Gasteiger partial charge >= 0.3 is 11.9 Å². The number of rotatable bonds is 8. The van der Waals surface area contributed by atoms with Crippen molar-refractivity contribution in [3.63, 3.8) is 0 Å². The highest BCUT2D eigenvalue weighted by atomic mass is 16.7. The van der Waals surface area contributed by atoms with Crippen molar-refractivity contribution in [2.24, 2.45) is 11.8 Å². The second-order valence-electron chi connectivity index (χ2n) is 10.2. The van der Waals surface area contributed by atoms with E-state index in [1.54, 1.807) is 13.8 Å². The molecule has 3 unspecified atom stereocenters. The van der Waals surface area contributed by atoms with Crippen LogP contribution in [0.25, 0.3) is 0 Å². The van der Waals surface area contributed by atoms with Gasteiger partial charge in [-0.15, -0.1) is 0 Å². The molecule has 5 aliphatic carbocycles. The van der Waals surface area contributed by atoms with Crippen molar-refractivity contribution in [2.75, 3.05) is 6.61 Å². The molecule has 0 aromatic carbocycles. The van der Waals surface area contributed by atoms with Crippen LogP contribution in [0, 0.1) is 11.8 Å². The van der Waals surface area contributed by atoms with E-state index in [1.165, 1.54) is 19.3 Å². The molecule has 5 saturated carbocycles. The van der Waals surface area contributed by atoms with Crippen LogP contribution in [0.1, 0.15) is 84.5 Å². The standard InChI is InChI=1S/C24H36O6/c1-16(2)22(26)30-24-12-18-9-19(13-24)11-23(10-18,15-24)27-14-21(25)29-17(3)28-20-7-5-4-6-8-20/h17-20H,1,4-15H2,2-3H3. The second-order valence-corrected chi connectivity index (χ2v) is 10.2. The molecule has 168 valence electrons. The zero-order chi connectivity index (χ0) is 21.4. The van der Waals surface area contributed by atoms with Gasteiger partial charge in [-0.05, 0) is 70.6 Å². The number of ether oxygens (including phenoxy) is 4. The molecule has 3 atom stereocenters. The molecule has 0 N–H and O–H groups in total. The lowest BCUT2D eigenvalue weighted by molar-refractivity contribution is -0.238. The van der Waals surface area contributed by atoms with Crippen molar-refractivity contribution in [2.45, 2.75) is 108 Å². The normalized spacial score (nSPS) is 36.3. The van der Waals surface area contributed by atoms with Gasteiger partial charge in [0.15, 0.2) is 0 Å². The Balaban J connectivity index is 1.31. The summed E-state index contributed by atoms with van der Waals surface area (Å²) in [4.78, 5) is 24.6. The van der Waals surface area contributed by atoms with Crippen LogP contribution in [-0.2, 0) is 28.5 Å². The fraction of sp³-hybridized carbons (Fsp3) is 0.833. The highest BCUT2D eigenvalue weighted by Gasteiger charge is 2.60. The van der Waals surface area contributed by atoms with Gasteiger partial charge in [-0.25, -0.2) is 9.59 Å². The van der Waals surface area contributed by atoms with Gasteiger partial charge in [-0.3, -0.25) is 0 Å². The number of carbonyl (C=O) groups is 2. The van der Waals surface area contributed by atoms with Gasteiger partial charge < -0.3 is 18.9 Å². The average Bonchev–Trinajstić information content (AvgIpc) is 2.65. The first kappa shape index (κ1) is 21.8. The predicted octanol–water partition coefficient (Wildman–Crippen LogP) is 4.45. The minimum absolute atomic E-state index is 0.0810. The van der Waals surface area contributed by atoms with Crippen LogP contribution in [0.2, 0.25) is 0 Å². The van der Waals surface area contributed by atoms with Crippen LogP contribution in [0.5, 0.6) is 0 Å². The highest BCUT2D eigenvalue weighted by Crippen LogP contribution is 2.60. The van der Waals surface area contributed by atoms with Gasteiger partial charge in [-0.1, -0.05) is 25.8 Å². The topological polar surface area (TPSA) is 71.1 Å². The lowest BCUT2D eigenvalue weighted by Crippen LogP contribution is -2.61. The van der Waals surface area contributed by atoms with E-state index in [4.69, 9.17) is 18.9 Å². The van der Waals surface area contributed by atoms with Crippen molar-refractivity contribution >= 4 is 11.9 Å².